The Morgan fingerprint density at radius 3 is 3.05 bits per heavy atom. The molecular weight excluding hydrogens is 290 g/mol. The summed E-state index contributed by atoms with van der Waals surface area (Å²) in [6.45, 7) is 0.426. The average Bonchev–Trinajstić information content (AvgIpc) is 2.90. The van der Waals surface area contributed by atoms with E-state index in [-0.39, 0.29) is 22.9 Å². The Hall–Kier alpha value is -2.27. The van der Waals surface area contributed by atoms with Crippen molar-refractivity contribution in [2.75, 3.05) is 12.3 Å². The van der Waals surface area contributed by atoms with Crippen molar-refractivity contribution in [1.29, 1.82) is 0 Å². The van der Waals surface area contributed by atoms with Crippen molar-refractivity contribution in [3.63, 3.8) is 0 Å². The zero-order valence-corrected chi connectivity index (χ0v) is 11.9. The minimum Gasteiger partial charge on any atom is -0.488 e. The van der Waals surface area contributed by atoms with Crippen LogP contribution in [-0.4, -0.2) is 23.5 Å². The molecule has 0 aliphatic carbocycles. The van der Waals surface area contributed by atoms with Crippen molar-refractivity contribution in [2.45, 2.75) is 12.5 Å². The van der Waals surface area contributed by atoms with Crippen LogP contribution in [0.15, 0.2) is 36.5 Å². The zero-order valence-electron chi connectivity index (χ0n) is 11.2. The second kappa shape index (κ2) is 5.61. The Morgan fingerprint density at radius 2 is 2.29 bits per heavy atom. The molecule has 1 aliphatic heterocycles. The molecule has 0 bridgehead atoms. The first kappa shape index (κ1) is 13.7. The average molecular weight is 304 g/mol. The number of para-hydroxylation sites is 1. The molecule has 5 nitrogen and oxygen atoms in total. The number of nitrogens with two attached hydrogens (primary N) is 1. The summed E-state index contributed by atoms with van der Waals surface area (Å²) in [4.78, 5) is 15.9. The van der Waals surface area contributed by atoms with Crippen molar-refractivity contribution in [3.05, 3.63) is 52.7 Å². The molecule has 0 fully saturated rings. The van der Waals surface area contributed by atoms with Crippen molar-refractivity contribution >= 4 is 23.3 Å². The van der Waals surface area contributed by atoms with Gasteiger partial charge in [-0.15, -0.1) is 0 Å². The van der Waals surface area contributed by atoms with E-state index in [1.807, 2.05) is 24.3 Å². The molecule has 1 aromatic carbocycles. The first-order valence-electron chi connectivity index (χ1n) is 6.57. The van der Waals surface area contributed by atoms with Gasteiger partial charge in [0, 0.05) is 12.6 Å². The number of hydrogen-bond acceptors (Lipinski definition) is 4. The fourth-order valence-electron chi connectivity index (χ4n) is 2.25. The lowest BCUT2D eigenvalue weighted by atomic mass is 10.1. The van der Waals surface area contributed by atoms with Crippen LogP contribution in [0.1, 0.15) is 15.9 Å². The van der Waals surface area contributed by atoms with Gasteiger partial charge < -0.3 is 15.8 Å². The van der Waals surface area contributed by atoms with Crippen LogP contribution in [0.2, 0.25) is 5.02 Å². The summed E-state index contributed by atoms with van der Waals surface area (Å²) in [6.07, 6.45) is 2.14. The van der Waals surface area contributed by atoms with Gasteiger partial charge in [0.1, 0.15) is 17.7 Å². The fourth-order valence-corrected chi connectivity index (χ4v) is 2.42. The SMILES string of the molecule is Nc1ncc(C(=O)NCC2Cc3ccccc3O2)cc1Cl. The maximum atomic E-state index is 12.0. The van der Waals surface area contributed by atoms with Crippen LogP contribution < -0.4 is 15.8 Å². The normalized spacial score (nSPS) is 16.1. The minimum atomic E-state index is -0.246. The number of halogens is 1. The van der Waals surface area contributed by atoms with E-state index in [0.717, 1.165) is 17.7 Å². The second-order valence-corrected chi connectivity index (χ2v) is 5.26. The standard InChI is InChI=1S/C15H14ClN3O2/c16-12-6-10(7-18-14(12)17)15(20)19-8-11-5-9-3-1-2-4-13(9)21-11/h1-4,6-7,11H,5,8H2,(H2,17,18)(H,19,20). The van der Waals surface area contributed by atoms with Gasteiger partial charge in [0.2, 0.25) is 0 Å². The van der Waals surface area contributed by atoms with E-state index in [1.54, 1.807) is 0 Å². The number of anilines is 1. The van der Waals surface area contributed by atoms with Crippen LogP contribution in [0.3, 0.4) is 0 Å². The Balaban J connectivity index is 1.59. The number of carbonyl (C=O) groups excluding carboxylic acids is 1. The maximum absolute atomic E-state index is 12.0. The highest BCUT2D eigenvalue weighted by atomic mass is 35.5. The number of benzene rings is 1. The molecular formula is C15H14ClN3O2. The van der Waals surface area contributed by atoms with Crippen molar-refractivity contribution in [2.24, 2.45) is 0 Å². The summed E-state index contributed by atoms with van der Waals surface area (Å²) >= 11 is 5.85. The molecule has 2 aromatic rings. The van der Waals surface area contributed by atoms with Gasteiger partial charge in [-0.25, -0.2) is 4.98 Å². The molecule has 0 radical (unpaired) electrons. The summed E-state index contributed by atoms with van der Waals surface area (Å²) < 4.78 is 5.76. The summed E-state index contributed by atoms with van der Waals surface area (Å²) in [7, 11) is 0. The van der Waals surface area contributed by atoms with Gasteiger partial charge in [-0.1, -0.05) is 29.8 Å². The maximum Gasteiger partial charge on any atom is 0.253 e. The molecule has 1 atom stereocenters. The molecule has 3 rings (SSSR count). The first-order chi connectivity index (χ1) is 10.1. The summed E-state index contributed by atoms with van der Waals surface area (Å²) in [5.41, 5.74) is 7.06. The highest BCUT2D eigenvalue weighted by Crippen LogP contribution is 2.27. The zero-order chi connectivity index (χ0) is 14.8. The van der Waals surface area contributed by atoms with E-state index in [4.69, 9.17) is 22.1 Å². The van der Waals surface area contributed by atoms with Gasteiger partial charge in [-0.2, -0.15) is 0 Å². The Kier molecular flexibility index (Phi) is 3.66. The highest BCUT2D eigenvalue weighted by Gasteiger charge is 2.22. The Labute approximate surface area is 127 Å². The summed E-state index contributed by atoms with van der Waals surface area (Å²) in [5, 5.41) is 3.09. The molecule has 1 aromatic heterocycles. The van der Waals surface area contributed by atoms with Gasteiger partial charge in [-0.3, -0.25) is 4.79 Å². The number of carbonyl (C=O) groups is 1. The van der Waals surface area contributed by atoms with E-state index in [2.05, 4.69) is 10.3 Å². The van der Waals surface area contributed by atoms with Gasteiger partial charge in [-0.05, 0) is 17.7 Å². The number of nitrogen functional groups attached to an aromatic ring is 1. The first-order valence-corrected chi connectivity index (χ1v) is 6.95. The lowest BCUT2D eigenvalue weighted by molar-refractivity contribution is 0.0933. The summed E-state index contributed by atoms with van der Waals surface area (Å²) in [5.74, 6) is 0.848. The minimum absolute atomic E-state index is 0.0523. The van der Waals surface area contributed by atoms with Crippen molar-refractivity contribution < 1.29 is 9.53 Å². The van der Waals surface area contributed by atoms with Gasteiger partial charge in [0.15, 0.2) is 0 Å². The summed E-state index contributed by atoms with van der Waals surface area (Å²) in [6, 6.07) is 9.37. The molecule has 108 valence electrons. The van der Waals surface area contributed by atoms with Crippen LogP contribution in [0.4, 0.5) is 5.82 Å². The van der Waals surface area contributed by atoms with Crippen LogP contribution in [0.5, 0.6) is 5.75 Å². The molecule has 3 N–H and O–H groups in total. The van der Waals surface area contributed by atoms with E-state index >= 15 is 0 Å². The lowest BCUT2D eigenvalue weighted by Gasteiger charge is -2.12. The Morgan fingerprint density at radius 1 is 1.48 bits per heavy atom. The number of nitrogens with zero attached hydrogens (tertiary/aromatic N) is 1. The number of hydrogen-bond donors (Lipinski definition) is 2. The molecule has 0 spiro atoms. The fraction of sp³-hybridized carbons (Fsp3) is 0.200. The number of pyridine rings is 1. The third kappa shape index (κ3) is 2.92. The van der Waals surface area contributed by atoms with Gasteiger partial charge in [0.05, 0.1) is 17.1 Å². The van der Waals surface area contributed by atoms with E-state index in [9.17, 15) is 4.79 Å². The van der Waals surface area contributed by atoms with Crippen molar-refractivity contribution in [3.8, 4) is 5.75 Å². The molecule has 1 unspecified atom stereocenters. The molecule has 1 amide bonds. The number of amides is 1. The number of fused-ring (bicyclic) bond motifs is 1. The smallest absolute Gasteiger partial charge is 0.253 e. The van der Waals surface area contributed by atoms with Crippen LogP contribution in [-0.2, 0) is 6.42 Å². The van der Waals surface area contributed by atoms with Crippen LogP contribution in [0, 0.1) is 0 Å². The molecule has 2 heterocycles. The lowest BCUT2D eigenvalue weighted by Crippen LogP contribution is -2.34. The predicted octanol–water partition coefficient (Wildman–Crippen LogP) is 2.05. The third-order valence-electron chi connectivity index (χ3n) is 3.34. The number of nitrogens with one attached hydrogen (secondary N) is 1. The van der Waals surface area contributed by atoms with Crippen LogP contribution in [0.25, 0.3) is 0 Å². The molecule has 0 saturated heterocycles. The molecule has 0 saturated carbocycles. The van der Waals surface area contributed by atoms with Crippen LogP contribution >= 0.6 is 11.6 Å². The topological polar surface area (TPSA) is 77.2 Å². The highest BCUT2D eigenvalue weighted by molar-refractivity contribution is 6.33. The predicted molar refractivity (Wildman–Crippen MR) is 80.6 cm³/mol. The number of rotatable bonds is 3. The van der Waals surface area contributed by atoms with E-state index in [1.165, 1.54) is 12.3 Å². The van der Waals surface area contributed by atoms with Gasteiger partial charge >= 0.3 is 0 Å². The largest absolute Gasteiger partial charge is 0.488 e. The number of aromatic nitrogens is 1. The molecule has 21 heavy (non-hydrogen) atoms. The third-order valence-corrected chi connectivity index (χ3v) is 3.64. The van der Waals surface area contributed by atoms with Gasteiger partial charge in [0.25, 0.3) is 5.91 Å². The van der Waals surface area contributed by atoms with Crippen molar-refractivity contribution in [1.82, 2.24) is 10.3 Å². The Bertz CT molecular complexity index is 665. The quantitative estimate of drug-likeness (QED) is 0.910. The monoisotopic (exact) mass is 303 g/mol. The second-order valence-electron chi connectivity index (χ2n) is 4.85. The molecule has 1 aliphatic rings. The van der Waals surface area contributed by atoms with E-state index in [0.29, 0.717) is 12.1 Å². The molecule has 6 heteroatoms. The van der Waals surface area contributed by atoms with E-state index < -0.39 is 0 Å². The number of ether oxygens (including phenoxy) is 1.